The number of benzene rings is 1. The maximum Gasteiger partial charge on any atom is 1.00 e. The van der Waals surface area contributed by atoms with E-state index in [4.69, 9.17) is 0 Å². The summed E-state index contributed by atoms with van der Waals surface area (Å²) in [4.78, 5) is 45.3. The Kier molecular flexibility index (Phi) is 17.8. The Morgan fingerprint density at radius 1 is 1.04 bits per heavy atom. The fourth-order valence-corrected chi connectivity index (χ4v) is 5.62. The molecular weight excluding hydrogens is 430 g/mol. The monoisotopic (exact) mass is 442 g/mol. The first kappa shape index (κ1) is 33.5. The van der Waals surface area contributed by atoms with Gasteiger partial charge in [0.1, 0.15) is 5.08 Å². The van der Waals surface area contributed by atoms with Gasteiger partial charge >= 0.3 is 118 Å². The maximum absolute atomic E-state index is 11.1. The predicted octanol–water partition coefficient (Wildman–Crippen LogP) is -12.9. The van der Waals surface area contributed by atoms with Gasteiger partial charge in [0.05, 0.1) is 0 Å². The third-order valence-electron chi connectivity index (χ3n) is 3.48. The number of aliphatic hydroxyl groups is 1. The summed E-state index contributed by atoms with van der Waals surface area (Å²) in [6.07, 6.45) is -0.566. The van der Waals surface area contributed by atoms with Crippen LogP contribution in [0, 0.1) is 0 Å². The third-order valence-corrected chi connectivity index (χ3v) is 8.19. The molecule has 118 valence electrons. The van der Waals surface area contributed by atoms with E-state index < -0.39 is 32.6 Å². The molecule has 0 saturated carbocycles. The van der Waals surface area contributed by atoms with Crippen LogP contribution in [-0.2, 0) is 9.13 Å². The van der Waals surface area contributed by atoms with Crippen LogP contribution < -0.4 is 138 Å². The normalized spacial score (nSPS) is 16.9. The van der Waals surface area contributed by atoms with E-state index >= 15 is 0 Å². The van der Waals surface area contributed by atoms with Crippen LogP contribution in [0.3, 0.4) is 0 Å². The summed E-state index contributed by atoms with van der Waals surface area (Å²) in [6, 6.07) is 6.87. The van der Waals surface area contributed by atoms with Crippen molar-refractivity contribution in [3.8, 4) is 0 Å². The van der Waals surface area contributed by atoms with Crippen LogP contribution in [0.2, 0.25) is 0 Å². The molecule has 0 bridgehead atoms. The van der Waals surface area contributed by atoms with Crippen molar-refractivity contribution >= 4 is 27.0 Å². The van der Waals surface area contributed by atoms with Crippen molar-refractivity contribution in [1.82, 2.24) is 0 Å². The minimum atomic E-state index is -6.03. The molecule has 25 heavy (non-hydrogen) atoms. The Bertz CT molecular complexity index is 617. The molecule has 1 atom stereocenters. The zero-order valence-corrected chi connectivity index (χ0v) is 25.3. The molecule has 0 amide bonds. The van der Waals surface area contributed by atoms with Gasteiger partial charge in [0.25, 0.3) is 0 Å². The van der Waals surface area contributed by atoms with Crippen LogP contribution in [0.5, 0.6) is 0 Å². The summed E-state index contributed by atoms with van der Waals surface area (Å²) < 4.78 is 22.3. The van der Waals surface area contributed by atoms with E-state index in [0.717, 1.165) is 4.90 Å². The molecule has 1 unspecified atom stereocenters. The fraction of sp³-hybridized carbons (Fsp3) is 0.455. The molecule has 1 heterocycles. The van der Waals surface area contributed by atoms with Crippen molar-refractivity contribution < 1.29 is 152 Å². The molecule has 0 radical (unpaired) electrons. The second kappa shape index (κ2) is 13.3. The number of fused-ring (bicyclic) bond motifs is 1. The number of thioether (sulfide) groups is 1. The molecule has 0 aromatic heterocycles. The van der Waals surface area contributed by atoms with Gasteiger partial charge in [0.2, 0.25) is 0 Å². The first-order chi connectivity index (χ1) is 9.56. The third kappa shape index (κ3) is 8.12. The Morgan fingerprint density at radius 3 is 2.00 bits per heavy atom. The number of hydrogen-bond donors (Lipinski definition) is 1. The van der Waals surface area contributed by atoms with Crippen molar-refractivity contribution in [2.75, 3.05) is 5.75 Å². The summed E-state index contributed by atoms with van der Waals surface area (Å²) in [5.41, 5.74) is 0.633. The van der Waals surface area contributed by atoms with E-state index in [0.29, 0.717) is 17.7 Å². The van der Waals surface area contributed by atoms with Gasteiger partial charge in [-0.1, -0.05) is 18.2 Å². The SMILES string of the molecule is O=P([O-])([O-])C(O)(CC1CCSc2ccccc21)P(=O)([O-])[O-].[Na+].[Na+].[Na+].[Na+]. The molecule has 0 fully saturated rings. The van der Waals surface area contributed by atoms with E-state index in [2.05, 4.69) is 0 Å². The molecule has 1 aliphatic heterocycles. The molecule has 1 aliphatic rings. The summed E-state index contributed by atoms with van der Waals surface area (Å²) in [7, 11) is -12.1. The van der Waals surface area contributed by atoms with Crippen molar-refractivity contribution in [3.63, 3.8) is 0 Å². The van der Waals surface area contributed by atoms with Crippen molar-refractivity contribution in [1.29, 1.82) is 0 Å². The van der Waals surface area contributed by atoms with Gasteiger partial charge in [-0.15, -0.1) is 11.8 Å². The number of hydrogen-bond acceptors (Lipinski definition) is 8. The standard InChI is InChI=1S/C11H16O7P2S.4Na/c12-11(19(13,14)15,20(16,17)18)7-8-5-6-21-10-4-2-1-3-9(8)10;;;;/h1-4,8,12H,5-7H2,(H2,13,14,15)(H2,16,17,18);;;;/q;4*+1/p-4. The molecule has 0 aliphatic carbocycles. The average molecular weight is 442 g/mol. The second-order valence-corrected chi connectivity index (χ2v) is 9.80. The summed E-state index contributed by atoms with van der Waals surface area (Å²) in [5.74, 6) is -0.109. The molecule has 0 saturated heterocycles. The van der Waals surface area contributed by atoms with Crippen molar-refractivity contribution in [2.45, 2.75) is 28.7 Å². The molecule has 1 aromatic rings. The maximum atomic E-state index is 11.1. The zero-order chi connectivity index (χ0) is 15.9. The first-order valence-corrected chi connectivity index (χ1v) is 10.1. The first-order valence-electron chi connectivity index (χ1n) is 6.05. The van der Waals surface area contributed by atoms with Gasteiger partial charge in [-0.25, -0.2) is 0 Å². The Morgan fingerprint density at radius 2 is 1.52 bits per heavy atom. The van der Waals surface area contributed by atoms with Gasteiger partial charge < -0.3 is 33.8 Å². The van der Waals surface area contributed by atoms with Crippen LogP contribution in [0.25, 0.3) is 0 Å². The van der Waals surface area contributed by atoms with Gasteiger partial charge in [-0.05, 0) is 51.3 Å². The van der Waals surface area contributed by atoms with E-state index in [-0.39, 0.29) is 118 Å². The molecule has 1 N–H and O–H groups in total. The van der Waals surface area contributed by atoms with Crippen molar-refractivity contribution in [3.05, 3.63) is 29.8 Å². The predicted molar refractivity (Wildman–Crippen MR) is 69.3 cm³/mol. The Labute approximate surface area is 239 Å². The molecular formula is C11H12Na4O7P2S. The quantitative estimate of drug-likeness (QED) is 0.357. The smallest absolute Gasteiger partial charge is 0.808 e. The molecule has 14 heteroatoms. The van der Waals surface area contributed by atoms with Crippen LogP contribution >= 0.6 is 27.0 Å². The number of rotatable bonds is 4. The largest absolute Gasteiger partial charge is 1.00 e. The minimum absolute atomic E-state index is 0. The molecule has 1 aromatic carbocycles. The van der Waals surface area contributed by atoms with Crippen molar-refractivity contribution in [2.24, 2.45) is 0 Å². The van der Waals surface area contributed by atoms with E-state index in [1.54, 1.807) is 24.3 Å². The average Bonchev–Trinajstić information content (AvgIpc) is 2.36. The van der Waals surface area contributed by atoms with Gasteiger partial charge in [0, 0.05) is 4.90 Å². The minimum Gasteiger partial charge on any atom is -0.808 e. The van der Waals surface area contributed by atoms with Crippen LogP contribution in [0.4, 0.5) is 0 Å². The van der Waals surface area contributed by atoms with Gasteiger partial charge in [-0.2, -0.15) is 0 Å². The Hall–Kier alpha value is 3.83. The Balaban J connectivity index is -0.00000121. The summed E-state index contributed by atoms with van der Waals surface area (Å²) in [5, 5.41) is 5.99. The topological polar surface area (TPSA) is 147 Å². The summed E-state index contributed by atoms with van der Waals surface area (Å²) in [6.45, 7) is 0. The fourth-order valence-electron chi connectivity index (χ4n) is 2.33. The van der Waals surface area contributed by atoms with Crippen LogP contribution in [0.15, 0.2) is 29.2 Å². The van der Waals surface area contributed by atoms with E-state index in [1.165, 1.54) is 11.8 Å². The molecule has 2 rings (SSSR count). The van der Waals surface area contributed by atoms with E-state index in [1.807, 2.05) is 0 Å². The van der Waals surface area contributed by atoms with Gasteiger partial charge in [0.15, 0.2) is 0 Å². The molecule has 0 spiro atoms. The second-order valence-electron chi connectivity index (χ2n) is 4.85. The summed E-state index contributed by atoms with van der Waals surface area (Å²) >= 11 is 1.50. The van der Waals surface area contributed by atoms with Crippen LogP contribution in [0.1, 0.15) is 24.3 Å². The zero-order valence-electron chi connectivity index (χ0n) is 14.7. The van der Waals surface area contributed by atoms with Crippen LogP contribution in [-0.4, -0.2) is 15.9 Å². The van der Waals surface area contributed by atoms with Gasteiger partial charge in [-0.3, -0.25) is 0 Å². The molecule has 7 nitrogen and oxygen atoms in total. The van der Waals surface area contributed by atoms with E-state index in [9.17, 15) is 33.8 Å².